The highest BCUT2D eigenvalue weighted by Gasteiger charge is 2.17. The smallest absolute Gasteiger partial charge is 0.0130 e. The Kier molecular flexibility index (Phi) is 2.56. The van der Waals surface area contributed by atoms with Crippen LogP contribution in [0.2, 0.25) is 0 Å². The summed E-state index contributed by atoms with van der Waals surface area (Å²) < 4.78 is 0. The van der Waals surface area contributed by atoms with Gasteiger partial charge in [0.1, 0.15) is 0 Å². The van der Waals surface area contributed by atoms with Crippen molar-refractivity contribution in [2.75, 3.05) is 0 Å². The second kappa shape index (κ2) is 4.21. The number of hydrogen-bond donors (Lipinski definition) is 0. The van der Waals surface area contributed by atoms with Gasteiger partial charge in [-0.1, -0.05) is 66.2 Å². The lowest BCUT2D eigenvalue weighted by Gasteiger charge is -2.22. The molecule has 84 valence electrons. The molecule has 1 unspecified atom stereocenters. The van der Waals surface area contributed by atoms with Crippen LogP contribution in [-0.2, 0) is 0 Å². The van der Waals surface area contributed by atoms with Gasteiger partial charge < -0.3 is 0 Å². The first kappa shape index (κ1) is 10.3. The Morgan fingerprint density at radius 2 is 1.71 bits per heavy atom. The molecule has 1 aliphatic carbocycles. The van der Waals surface area contributed by atoms with Gasteiger partial charge in [-0.05, 0) is 30.0 Å². The molecule has 0 amide bonds. The highest BCUT2D eigenvalue weighted by atomic mass is 14.2. The van der Waals surface area contributed by atoms with Crippen molar-refractivity contribution in [3.63, 3.8) is 0 Å². The van der Waals surface area contributed by atoms with Crippen LogP contribution in [0.5, 0.6) is 0 Å². The molecule has 0 fully saturated rings. The van der Waals surface area contributed by atoms with E-state index in [1.807, 2.05) is 0 Å². The third kappa shape index (κ3) is 1.91. The van der Waals surface area contributed by atoms with E-state index in [0.29, 0.717) is 5.92 Å². The minimum absolute atomic E-state index is 0.525. The second-order valence-electron chi connectivity index (χ2n) is 4.73. The summed E-state index contributed by atoms with van der Waals surface area (Å²) >= 11 is 0. The summed E-state index contributed by atoms with van der Waals surface area (Å²) in [4.78, 5) is 0. The molecular weight excluding hydrogens is 204 g/mol. The number of hydrogen-bond acceptors (Lipinski definition) is 0. The third-order valence-electron chi connectivity index (χ3n) is 3.52. The Morgan fingerprint density at radius 1 is 0.941 bits per heavy atom. The molecule has 1 atom stereocenters. The van der Waals surface area contributed by atoms with Gasteiger partial charge in [0.2, 0.25) is 0 Å². The van der Waals surface area contributed by atoms with Crippen molar-refractivity contribution >= 4 is 6.08 Å². The summed E-state index contributed by atoms with van der Waals surface area (Å²) in [6.45, 7) is 2.14. The molecule has 0 heterocycles. The van der Waals surface area contributed by atoms with Gasteiger partial charge in [0.05, 0.1) is 0 Å². The zero-order valence-electron chi connectivity index (χ0n) is 10.1. The molecular formula is C17H16. The molecule has 17 heavy (non-hydrogen) atoms. The molecule has 0 heteroatoms. The molecule has 0 aliphatic heterocycles. The Labute approximate surface area is 103 Å². The maximum Gasteiger partial charge on any atom is 0.0130 e. The molecule has 0 bridgehead atoms. The van der Waals surface area contributed by atoms with Crippen molar-refractivity contribution in [3.8, 4) is 0 Å². The topological polar surface area (TPSA) is 0 Å². The molecule has 2 aromatic carbocycles. The normalized spacial score (nSPS) is 17.8. The van der Waals surface area contributed by atoms with Crippen LogP contribution in [-0.4, -0.2) is 0 Å². The molecule has 0 nitrogen and oxygen atoms in total. The Balaban J connectivity index is 2.05. The van der Waals surface area contributed by atoms with E-state index < -0.39 is 0 Å². The minimum atomic E-state index is 0.525. The Morgan fingerprint density at radius 3 is 2.53 bits per heavy atom. The van der Waals surface area contributed by atoms with Gasteiger partial charge in [-0.15, -0.1) is 0 Å². The fraction of sp³-hybridized carbons (Fsp3) is 0.176. The van der Waals surface area contributed by atoms with Crippen LogP contribution in [0.3, 0.4) is 0 Å². The average molecular weight is 220 g/mol. The van der Waals surface area contributed by atoms with Gasteiger partial charge in [0, 0.05) is 5.92 Å². The molecule has 0 saturated heterocycles. The summed E-state index contributed by atoms with van der Waals surface area (Å²) in [5.74, 6) is 0.525. The molecule has 0 spiro atoms. The van der Waals surface area contributed by atoms with Gasteiger partial charge in [-0.25, -0.2) is 0 Å². The standard InChI is InChI=1S/C17H16/c1-13-9-11-15(12-10-13)17-8-4-6-14-5-2-3-7-16(14)17/h2-7,9-12,17H,8H2,1H3. The van der Waals surface area contributed by atoms with Crippen molar-refractivity contribution in [3.05, 3.63) is 76.9 Å². The summed E-state index contributed by atoms with van der Waals surface area (Å²) in [5, 5.41) is 0. The maximum absolute atomic E-state index is 2.28. The first-order chi connectivity index (χ1) is 8.34. The number of aryl methyl sites for hydroxylation is 1. The van der Waals surface area contributed by atoms with Gasteiger partial charge >= 0.3 is 0 Å². The van der Waals surface area contributed by atoms with Gasteiger partial charge in [0.25, 0.3) is 0 Å². The predicted octanol–water partition coefficient (Wildman–Crippen LogP) is 4.54. The zero-order valence-corrected chi connectivity index (χ0v) is 10.1. The molecule has 1 aliphatic rings. The van der Waals surface area contributed by atoms with Crippen molar-refractivity contribution in [1.82, 2.24) is 0 Å². The molecule has 0 aromatic heterocycles. The fourth-order valence-electron chi connectivity index (χ4n) is 2.55. The Hall–Kier alpha value is -1.82. The summed E-state index contributed by atoms with van der Waals surface area (Å²) in [5.41, 5.74) is 5.57. The molecule has 2 aromatic rings. The summed E-state index contributed by atoms with van der Waals surface area (Å²) in [6, 6.07) is 17.6. The lowest BCUT2D eigenvalue weighted by atomic mass is 9.82. The largest absolute Gasteiger partial charge is 0.0830 e. The first-order valence-corrected chi connectivity index (χ1v) is 6.16. The SMILES string of the molecule is Cc1ccc(C2CC=Cc3ccccc32)cc1. The molecule has 0 N–H and O–H groups in total. The van der Waals surface area contributed by atoms with Crippen LogP contribution in [0.4, 0.5) is 0 Å². The molecule has 3 rings (SSSR count). The van der Waals surface area contributed by atoms with Gasteiger partial charge in [-0.3, -0.25) is 0 Å². The lowest BCUT2D eigenvalue weighted by Crippen LogP contribution is -2.05. The highest BCUT2D eigenvalue weighted by molar-refractivity contribution is 5.59. The molecule has 0 saturated carbocycles. The van der Waals surface area contributed by atoms with E-state index in [2.05, 4.69) is 67.6 Å². The van der Waals surface area contributed by atoms with Crippen molar-refractivity contribution < 1.29 is 0 Å². The van der Waals surface area contributed by atoms with E-state index in [1.165, 1.54) is 22.3 Å². The van der Waals surface area contributed by atoms with Gasteiger partial charge in [0.15, 0.2) is 0 Å². The predicted molar refractivity (Wildman–Crippen MR) is 73.1 cm³/mol. The number of benzene rings is 2. The van der Waals surface area contributed by atoms with Crippen LogP contribution in [0.15, 0.2) is 54.6 Å². The third-order valence-corrected chi connectivity index (χ3v) is 3.52. The quantitative estimate of drug-likeness (QED) is 0.661. The van der Waals surface area contributed by atoms with Crippen molar-refractivity contribution in [2.24, 2.45) is 0 Å². The van der Waals surface area contributed by atoms with Crippen LogP contribution in [0.25, 0.3) is 6.08 Å². The first-order valence-electron chi connectivity index (χ1n) is 6.16. The van der Waals surface area contributed by atoms with Crippen LogP contribution < -0.4 is 0 Å². The number of allylic oxidation sites excluding steroid dienone is 1. The average Bonchev–Trinajstić information content (AvgIpc) is 2.39. The monoisotopic (exact) mass is 220 g/mol. The molecule has 0 radical (unpaired) electrons. The maximum atomic E-state index is 2.28. The van der Waals surface area contributed by atoms with E-state index in [4.69, 9.17) is 0 Å². The van der Waals surface area contributed by atoms with E-state index in [-0.39, 0.29) is 0 Å². The summed E-state index contributed by atoms with van der Waals surface area (Å²) in [6.07, 6.45) is 5.63. The van der Waals surface area contributed by atoms with Crippen LogP contribution in [0.1, 0.15) is 34.6 Å². The zero-order chi connectivity index (χ0) is 11.7. The van der Waals surface area contributed by atoms with Crippen LogP contribution >= 0.6 is 0 Å². The second-order valence-corrected chi connectivity index (χ2v) is 4.73. The van der Waals surface area contributed by atoms with Crippen LogP contribution in [0, 0.1) is 6.92 Å². The van der Waals surface area contributed by atoms with E-state index in [1.54, 1.807) is 0 Å². The van der Waals surface area contributed by atoms with E-state index in [0.717, 1.165) is 6.42 Å². The van der Waals surface area contributed by atoms with Gasteiger partial charge in [-0.2, -0.15) is 0 Å². The van der Waals surface area contributed by atoms with E-state index in [9.17, 15) is 0 Å². The van der Waals surface area contributed by atoms with E-state index >= 15 is 0 Å². The lowest BCUT2D eigenvalue weighted by molar-refractivity contribution is 0.819. The highest BCUT2D eigenvalue weighted by Crippen LogP contribution is 2.34. The summed E-state index contributed by atoms with van der Waals surface area (Å²) in [7, 11) is 0. The number of rotatable bonds is 1. The Bertz CT molecular complexity index is 547. The van der Waals surface area contributed by atoms with Crippen molar-refractivity contribution in [2.45, 2.75) is 19.3 Å². The minimum Gasteiger partial charge on any atom is -0.0830 e. The fourth-order valence-corrected chi connectivity index (χ4v) is 2.55. The number of fused-ring (bicyclic) bond motifs is 1. The van der Waals surface area contributed by atoms with Crippen molar-refractivity contribution in [1.29, 1.82) is 0 Å².